The number of hydrogen-bond acceptors (Lipinski definition) is 8. The van der Waals surface area contributed by atoms with Crippen LogP contribution < -0.4 is 10.1 Å². The number of carbonyl (C=O) groups excluding carboxylic acids is 1. The van der Waals surface area contributed by atoms with Crippen molar-refractivity contribution in [1.29, 1.82) is 0 Å². The smallest absolute Gasteiger partial charge is 0.243 e. The molecule has 1 saturated heterocycles. The number of sulfonamides is 1. The lowest BCUT2D eigenvalue weighted by Crippen LogP contribution is -2.43. The highest BCUT2D eigenvalue weighted by molar-refractivity contribution is 8.00. The summed E-state index contributed by atoms with van der Waals surface area (Å²) in [6.07, 6.45) is 1.23. The Morgan fingerprint density at radius 2 is 1.94 bits per heavy atom. The van der Waals surface area contributed by atoms with Gasteiger partial charge in [-0.3, -0.25) is 4.79 Å². The molecule has 8 nitrogen and oxygen atoms in total. The molecule has 0 aliphatic carbocycles. The third-order valence-corrected chi connectivity index (χ3v) is 9.22. The third kappa shape index (κ3) is 5.91. The van der Waals surface area contributed by atoms with Crippen LogP contribution in [0.1, 0.15) is 18.4 Å². The highest BCUT2D eigenvalue weighted by Crippen LogP contribution is 2.30. The molecule has 2 aromatic carbocycles. The topological polar surface area (TPSA) is 101 Å². The van der Waals surface area contributed by atoms with E-state index in [1.807, 2.05) is 30.3 Å². The monoisotopic (exact) mass is 504 g/mol. The molecule has 3 aromatic rings. The van der Waals surface area contributed by atoms with E-state index in [2.05, 4.69) is 15.5 Å². The Balaban J connectivity index is 1.35. The molecule has 0 spiro atoms. The first-order valence-corrected chi connectivity index (χ1v) is 13.7. The number of carbonyl (C=O) groups is 1. The van der Waals surface area contributed by atoms with Gasteiger partial charge in [0.2, 0.25) is 21.1 Å². The van der Waals surface area contributed by atoms with Gasteiger partial charge in [0.25, 0.3) is 0 Å². The molecule has 11 heteroatoms. The van der Waals surface area contributed by atoms with E-state index in [1.165, 1.54) is 40.4 Å². The number of nitrogens with zero attached hydrogens (tertiary/aromatic N) is 3. The average molecular weight is 505 g/mol. The maximum atomic E-state index is 13.0. The number of amides is 1. The molecule has 174 valence electrons. The number of benzene rings is 2. The molecule has 1 unspecified atom stereocenters. The molecule has 1 N–H and O–H groups in total. The standard InChI is InChI=1S/C22H24N4O4S3/c1-30-18-9-11-19(12-10-18)33(28,29)26-13-5-8-17(14-26)20(27)23-21-24-25-22(32-21)31-15-16-6-3-2-4-7-16/h2-4,6-7,9-12,17H,5,8,13-15H2,1H3,(H,23,24,27). The second-order valence-electron chi connectivity index (χ2n) is 7.51. The van der Waals surface area contributed by atoms with Crippen molar-refractivity contribution < 1.29 is 17.9 Å². The summed E-state index contributed by atoms with van der Waals surface area (Å²) >= 11 is 2.87. The Kier molecular flexibility index (Phi) is 7.63. The number of aromatic nitrogens is 2. The van der Waals surface area contributed by atoms with Gasteiger partial charge in [-0.25, -0.2) is 8.42 Å². The first-order valence-electron chi connectivity index (χ1n) is 10.4. The van der Waals surface area contributed by atoms with Gasteiger partial charge in [-0.15, -0.1) is 10.2 Å². The molecule has 0 radical (unpaired) electrons. The van der Waals surface area contributed by atoms with Gasteiger partial charge < -0.3 is 10.1 Å². The predicted octanol–water partition coefficient (Wildman–Crippen LogP) is 3.88. The lowest BCUT2D eigenvalue weighted by molar-refractivity contribution is -0.120. The van der Waals surface area contributed by atoms with Gasteiger partial charge >= 0.3 is 0 Å². The predicted molar refractivity (Wildman–Crippen MR) is 129 cm³/mol. The van der Waals surface area contributed by atoms with Crippen LogP contribution in [0.25, 0.3) is 0 Å². The Hall–Kier alpha value is -2.47. The van der Waals surface area contributed by atoms with Crippen molar-refractivity contribution in [3.05, 3.63) is 60.2 Å². The van der Waals surface area contributed by atoms with Crippen LogP contribution >= 0.6 is 23.1 Å². The Labute approximate surface area is 201 Å². The summed E-state index contributed by atoms with van der Waals surface area (Å²) in [6, 6.07) is 16.3. The van der Waals surface area contributed by atoms with E-state index < -0.39 is 15.9 Å². The van der Waals surface area contributed by atoms with Crippen molar-refractivity contribution in [1.82, 2.24) is 14.5 Å². The van der Waals surface area contributed by atoms with E-state index in [-0.39, 0.29) is 17.3 Å². The molecule has 1 aliphatic rings. The summed E-state index contributed by atoms with van der Waals surface area (Å²) in [5, 5.41) is 11.4. The fourth-order valence-corrected chi connectivity index (χ4v) is 6.75. The SMILES string of the molecule is COc1ccc(S(=O)(=O)N2CCCC(C(=O)Nc3nnc(SCc4ccccc4)s3)C2)cc1. The molecule has 33 heavy (non-hydrogen) atoms. The number of piperidine rings is 1. The van der Waals surface area contributed by atoms with Crippen LogP contribution in [0.5, 0.6) is 5.75 Å². The van der Waals surface area contributed by atoms with E-state index in [1.54, 1.807) is 23.9 Å². The van der Waals surface area contributed by atoms with E-state index in [9.17, 15) is 13.2 Å². The molecule has 1 aliphatic heterocycles. The molecule has 1 fully saturated rings. The van der Waals surface area contributed by atoms with Crippen molar-refractivity contribution in [2.75, 3.05) is 25.5 Å². The second-order valence-corrected chi connectivity index (χ2v) is 11.7. The quantitative estimate of drug-likeness (QED) is 0.367. The van der Waals surface area contributed by atoms with E-state index in [4.69, 9.17) is 4.74 Å². The summed E-state index contributed by atoms with van der Waals surface area (Å²) in [5.74, 6) is 0.671. The lowest BCUT2D eigenvalue weighted by Gasteiger charge is -2.31. The van der Waals surface area contributed by atoms with Crippen LogP contribution in [0.4, 0.5) is 5.13 Å². The van der Waals surface area contributed by atoms with Crippen LogP contribution in [0.15, 0.2) is 63.8 Å². The van der Waals surface area contributed by atoms with Crippen LogP contribution in [-0.4, -0.2) is 49.0 Å². The highest BCUT2D eigenvalue weighted by Gasteiger charge is 2.33. The van der Waals surface area contributed by atoms with Crippen molar-refractivity contribution in [2.24, 2.45) is 5.92 Å². The zero-order chi connectivity index (χ0) is 23.3. The number of hydrogen-bond donors (Lipinski definition) is 1. The largest absolute Gasteiger partial charge is 0.497 e. The van der Waals surface area contributed by atoms with Crippen molar-refractivity contribution in [2.45, 2.75) is 27.8 Å². The van der Waals surface area contributed by atoms with E-state index in [0.29, 0.717) is 30.3 Å². The summed E-state index contributed by atoms with van der Waals surface area (Å²) in [7, 11) is -2.16. The summed E-state index contributed by atoms with van der Waals surface area (Å²) < 4.78 is 33.3. The van der Waals surface area contributed by atoms with Gasteiger partial charge in [-0.05, 0) is 42.7 Å². The molecule has 0 saturated carbocycles. The number of methoxy groups -OCH3 is 1. The molecular weight excluding hydrogens is 480 g/mol. The molecule has 1 aromatic heterocycles. The fourth-order valence-electron chi connectivity index (χ4n) is 3.52. The number of nitrogens with one attached hydrogen (secondary N) is 1. The number of thioether (sulfide) groups is 1. The van der Waals surface area contributed by atoms with Gasteiger partial charge in [-0.2, -0.15) is 4.31 Å². The average Bonchev–Trinajstić information content (AvgIpc) is 3.30. The second kappa shape index (κ2) is 10.6. The Bertz CT molecular complexity index is 1180. The number of ether oxygens (including phenoxy) is 1. The zero-order valence-electron chi connectivity index (χ0n) is 18.0. The maximum absolute atomic E-state index is 13.0. The van der Waals surface area contributed by atoms with Crippen molar-refractivity contribution >= 4 is 44.2 Å². The van der Waals surface area contributed by atoms with Gasteiger partial charge in [-0.1, -0.05) is 53.4 Å². The van der Waals surface area contributed by atoms with Crippen LogP contribution in [0.2, 0.25) is 0 Å². The van der Waals surface area contributed by atoms with E-state index >= 15 is 0 Å². The summed E-state index contributed by atoms with van der Waals surface area (Å²) in [4.78, 5) is 13.0. The first-order chi connectivity index (χ1) is 16.0. The summed E-state index contributed by atoms with van der Waals surface area (Å²) in [5.41, 5.74) is 1.18. The summed E-state index contributed by atoms with van der Waals surface area (Å²) in [6.45, 7) is 0.520. The third-order valence-electron chi connectivity index (χ3n) is 5.29. The van der Waals surface area contributed by atoms with E-state index in [0.717, 1.165) is 10.1 Å². The Morgan fingerprint density at radius 1 is 1.18 bits per heavy atom. The molecule has 1 amide bonds. The molecule has 2 heterocycles. The highest BCUT2D eigenvalue weighted by atomic mass is 32.2. The van der Waals surface area contributed by atoms with Crippen LogP contribution in [-0.2, 0) is 20.6 Å². The van der Waals surface area contributed by atoms with Gasteiger partial charge in [0.1, 0.15) is 5.75 Å². The molecular formula is C22H24N4O4S3. The minimum absolute atomic E-state index is 0.134. The van der Waals surface area contributed by atoms with Gasteiger partial charge in [0.05, 0.1) is 17.9 Å². The molecule has 4 rings (SSSR count). The zero-order valence-corrected chi connectivity index (χ0v) is 20.5. The first kappa shape index (κ1) is 23.7. The fraction of sp³-hybridized carbons (Fsp3) is 0.318. The van der Waals surface area contributed by atoms with Gasteiger partial charge in [0.15, 0.2) is 4.34 Å². The van der Waals surface area contributed by atoms with Crippen molar-refractivity contribution in [3.8, 4) is 5.75 Å². The van der Waals surface area contributed by atoms with Crippen molar-refractivity contribution in [3.63, 3.8) is 0 Å². The number of anilines is 1. The minimum atomic E-state index is -3.69. The normalized spacial score (nSPS) is 16.9. The minimum Gasteiger partial charge on any atom is -0.497 e. The molecule has 0 bridgehead atoms. The maximum Gasteiger partial charge on any atom is 0.243 e. The van der Waals surface area contributed by atoms with Gasteiger partial charge in [0, 0.05) is 18.8 Å². The lowest BCUT2D eigenvalue weighted by atomic mass is 9.99. The molecule has 1 atom stereocenters. The number of rotatable bonds is 8. The van der Waals surface area contributed by atoms with Crippen LogP contribution in [0, 0.1) is 5.92 Å². The Morgan fingerprint density at radius 3 is 2.67 bits per heavy atom. The van der Waals surface area contributed by atoms with Crippen LogP contribution in [0.3, 0.4) is 0 Å².